The maximum absolute atomic E-state index is 13.6. The van der Waals surface area contributed by atoms with Gasteiger partial charge in [0.2, 0.25) is 0 Å². The number of carbonyl (C=O) groups is 1. The summed E-state index contributed by atoms with van der Waals surface area (Å²) < 4.78 is 50.9. The number of hydrogen-bond donors (Lipinski definition) is 1. The molecule has 10 heteroatoms. The smallest absolute Gasteiger partial charge is 0.438 e. The van der Waals surface area contributed by atoms with Crippen LogP contribution in [0.1, 0.15) is 12.0 Å². The number of alkyl halides is 3. The van der Waals surface area contributed by atoms with Gasteiger partial charge >= 0.3 is 6.18 Å². The van der Waals surface area contributed by atoms with Crippen LogP contribution in [-0.2, 0) is 4.79 Å². The van der Waals surface area contributed by atoms with Crippen LogP contribution in [0.3, 0.4) is 0 Å². The van der Waals surface area contributed by atoms with Crippen molar-refractivity contribution in [3.05, 3.63) is 59.1 Å². The van der Waals surface area contributed by atoms with Gasteiger partial charge in [0.25, 0.3) is 11.6 Å². The van der Waals surface area contributed by atoms with Gasteiger partial charge in [-0.2, -0.15) is 23.3 Å². The van der Waals surface area contributed by atoms with E-state index in [4.69, 9.17) is 21.1 Å². The molecule has 1 amide bonds. The minimum atomic E-state index is -5.12. The molecular formula is C19H16ClF3N2O4. The number of nitrogens with zero attached hydrogens (tertiary/aromatic N) is 2. The molecule has 1 N–H and O–H groups in total. The van der Waals surface area contributed by atoms with Gasteiger partial charge in [-0.3, -0.25) is 4.79 Å². The molecule has 0 saturated heterocycles. The number of halogens is 4. The molecule has 0 spiro atoms. The van der Waals surface area contributed by atoms with Gasteiger partial charge in [-0.15, -0.1) is 0 Å². The molecule has 6 nitrogen and oxygen atoms in total. The third-order valence-corrected chi connectivity index (χ3v) is 4.53. The molecule has 1 aliphatic heterocycles. The van der Waals surface area contributed by atoms with Crippen LogP contribution >= 0.6 is 11.6 Å². The van der Waals surface area contributed by atoms with Crippen molar-refractivity contribution in [1.29, 1.82) is 0 Å². The number of amides is 1. The molecule has 0 aliphatic carbocycles. The van der Waals surface area contributed by atoms with Gasteiger partial charge in [-0.1, -0.05) is 23.7 Å². The fourth-order valence-corrected chi connectivity index (χ4v) is 2.84. The minimum Gasteiger partial charge on any atom is -0.497 e. The largest absolute Gasteiger partial charge is 0.497 e. The Labute approximate surface area is 169 Å². The Hall–Kier alpha value is -2.78. The van der Waals surface area contributed by atoms with E-state index in [0.29, 0.717) is 16.3 Å². The van der Waals surface area contributed by atoms with Crippen molar-refractivity contribution in [2.75, 3.05) is 13.7 Å². The van der Waals surface area contributed by atoms with Gasteiger partial charge in [-0.05, 0) is 42.0 Å². The molecule has 2 aromatic rings. The van der Waals surface area contributed by atoms with Crippen molar-refractivity contribution >= 4 is 23.2 Å². The van der Waals surface area contributed by atoms with E-state index < -0.39 is 30.8 Å². The second-order valence-electron chi connectivity index (χ2n) is 6.21. The molecule has 0 aromatic heterocycles. The van der Waals surface area contributed by atoms with Crippen molar-refractivity contribution in [2.24, 2.45) is 5.10 Å². The Balaban J connectivity index is 1.81. The number of rotatable bonds is 5. The summed E-state index contributed by atoms with van der Waals surface area (Å²) in [5, 5.41) is 14.4. The first-order valence-corrected chi connectivity index (χ1v) is 8.74. The fourth-order valence-electron chi connectivity index (χ4n) is 2.71. The average molecular weight is 429 g/mol. The van der Waals surface area contributed by atoms with Gasteiger partial charge in [0.05, 0.1) is 19.2 Å². The fraction of sp³-hybridized carbons (Fsp3) is 0.263. The number of hydrogen-bond acceptors (Lipinski definition) is 5. The average Bonchev–Trinajstić information content (AvgIpc) is 3.06. The molecule has 0 bridgehead atoms. The molecule has 154 valence electrons. The first-order chi connectivity index (χ1) is 13.6. The predicted molar refractivity (Wildman–Crippen MR) is 98.9 cm³/mol. The zero-order valence-corrected chi connectivity index (χ0v) is 15.9. The maximum Gasteiger partial charge on any atom is 0.438 e. The lowest BCUT2D eigenvalue weighted by Crippen LogP contribution is -2.57. The van der Waals surface area contributed by atoms with E-state index in [1.165, 1.54) is 43.5 Å². The molecule has 0 unspecified atom stereocenters. The highest BCUT2D eigenvalue weighted by Crippen LogP contribution is 2.41. The molecule has 0 fully saturated rings. The lowest BCUT2D eigenvalue weighted by molar-refractivity contribution is -0.302. The van der Waals surface area contributed by atoms with E-state index in [1.807, 2.05) is 0 Å². The zero-order chi connectivity index (χ0) is 21.2. The highest BCUT2D eigenvalue weighted by atomic mass is 35.5. The first-order valence-electron chi connectivity index (χ1n) is 8.36. The summed E-state index contributed by atoms with van der Waals surface area (Å²) >= 11 is 5.79. The third-order valence-electron chi connectivity index (χ3n) is 4.27. The van der Waals surface area contributed by atoms with Crippen LogP contribution in [0.2, 0.25) is 5.02 Å². The highest BCUT2D eigenvalue weighted by Gasteiger charge is 2.63. The lowest BCUT2D eigenvalue weighted by atomic mass is 10.0. The van der Waals surface area contributed by atoms with Crippen molar-refractivity contribution in [3.8, 4) is 11.5 Å². The minimum absolute atomic E-state index is 0.0282. The van der Waals surface area contributed by atoms with Crippen LogP contribution in [0.4, 0.5) is 13.2 Å². The van der Waals surface area contributed by atoms with Crippen LogP contribution in [0.25, 0.3) is 0 Å². The monoisotopic (exact) mass is 428 g/mol. The number of aliphatic hydroxyl groups is 1. The summed E-state index contributed by atoms with van der Waals surface area (Å²) in [6.07, 6.45) is -6.03. The van der Waals surface area contributed by atoms with Crippen LogP contribution in [0, 0.1) is 0 Å². The number of hydrazone groups is 1. The molecule has 29 heavy (non-hydrogen) atoms. The zero-order valence-electron chi connectivity index (χ0n) is 15.1. The number of benzene rings is 2. The molecule has 2 aromatic carbocycles. The van der Waals surface area contributed by atoms with E-state index in [-0.39, 0.29) is 16.5 Å². The quantitative estimate of drug-likeness (QED) is 0.789. The summed E-state index contributed by atoms with van der Waals surface area (Å²) in [7, 11) is 1.47. The normalized spacial score (nSPS) is 19.1. The Morgan fingerprint density at radius 2 is 1.76 bits per heavy atom. The Morgan fingerprint density at radius 1 is 1.17 bits per heavy atom. The SMILES string of the molecule is COc1ccc(OCC(=O)N2N=C(c3ccc(Cl)cc3)C[C@]2(O)C(F)(F)F)cc1. The van der Waals surface area contributed by atoms with Crippen LogP contribution in [-0.4, -0.2) is 47.4 Å². The van der Waals surface area contributed by atoms with Crippen LogP contribution < -0.4 is 9.47 Å². The van der Waals surface area contributed by atoms with E-state index in [0.717, 1.165) is 0 Å². The van der Waals surface area contributed by atoms with E-state index in [1.54, 1.807) is 12.1 Å². The molecule has 0 saturated carbocycles. The first kappa shape index (κ1) is 20.9. The van der Waals surface area contributed by atoms with Crippen molar-refractivity contribution in [1.82, 2.24) is 5.01 Å². The molecular weight excluding hydrogens is 413 g/mol. The second kappa shape index (κ2) is 7.92. The summed E-state index contributed by atoms with van der Waals surface area (Å²) in [6.45, 7) is -0.748. The second-order valence-corrected chi connectivity index (χ2v) is 6.65. The third kappa shape index (κ3) is 4.30. The number of methoxy groups -OCH3 is 1. The van der Waals surface area contributed by atoms with E-state index in [9.17, 15) is 23.1 Å². The molecule has 3 rings (SSSR count). The Kier molecular flexibility index (Phi) is 5.72. The molecule has 0 radical (unpaired) electrons. The van der Waals surface area contributed by atoms with Crippen molar-refractivity contribution in [2.45, 2.75) is 18.3 Å². The Bertz CT molecular complexity index is 917. The van der Waals surface area contributed by atoms with E-state index >= 15 is 0 Å². The molecule has 1 atom stereocenters. The standard InChI is InChI=1S/C19H16ClF3N2O4/c1-28-14-6-8-15(9-7-14)29-11-17(26)25-18(27,19(21,22)23)10-16(24-25)12-2-4-13(20)5-3-12/h2-9,27H,10-11H2,1H3/t18-/m0/s1. The van der Waals surface area contributed by atoms with Crippen LogP contribution in [0.15, 0.2) is 53.6 Å². The van der Waals surface area contributed by atoms with Gasteiger partial charge in [0.15, 0.2) is 6.61 Å². The topological polar surface area (TPSA) is 71.4 Å². The van der Waals surface area contributed by atoms with E-state index in [2.05, 4.69) is 5.10 Å². The van der Waals surface area contributed by atoms with Gasteiger partial charge in [0.1, 0.15) is 11.5 Å². The lowest BCUT2D eigenvalue weighted by Gasteiger charge is -2.32. The van der Waals surface area contributed by atoms with Gasteiger partial charge < -0.3 is 14.6 Å². The van der Waals surface area contributed by atoms with Crippen molar-refractivity contribution < 1.29 is 32.5 Å². The molecule has 1 aliphatic rings. The number of ether oxygens (including phenoxy) is 2. The summed E-state index contributed by atoms with van der Waals surface area (Å²) in [4.78, 5) is 12.4. The maximum atomic E-state index is 13.6. The van der Waals surface area contributed by atoms with Gasteiger partial charge in [-0.25, -0.2) is 0 Å². The molecule has 1 heterocycles. The Morgan fingerprint density at radius 3 is 2.31 bits per heavy atom. The summed E-state index contributed by atoms with van der Waals surface area (Å²) in [5.41, 5.74) is -3.26. The summed E-state index contributed by atoms with van der Waals surface area (Å²) in [6, 6.07) is 12.0. The van der Waals surface area contributed by atoms with Gasteiger partial charge in [0, 0.05) is 5.02 Å². The summed E-state index contributed by atoms with van der Waals surface area (Å²) in [5.74, 6) is -0.354. The highest BCUT2D eigenvalue weighted by molar-refractivity contribution is 6.30. The predicted octanol–water partition coefficient (Wildman–Crippen LogP) is 3.61. The van der Waals surface area contributed by atoms with Crippen molar-refractivity contribution in [3.63, 3.8) is 0 Å². The van der Waals surface area contributed by atoms with Crippen LogP contribution in [0.5, 0.6) is 11.5 Å². The number of carbonyl (C=O) groups excluding carboxylic acids is 1.